The molecule has 2 amide bonds. The molecule has 1 heterocycles. The highest BCUT2D eigenvalue weighted by molar-refractivity contribution is 5.95. The van der Waals surface area contributed by atoms with Crippen molar-refractivity contribution in [2.24, 2.45) is 5.73 Å². The number of nitrogens with zero attached hydrogens (tertiary/aromatic N) is 2. The SMILES string of the molecule is N#CCNC(=O)c1cccc(-c2cc(-c3ccc(CNCCC(N)=O)cc3)on2)c1. The van der Waals surface area contributed by atoms with Gasteiger partial charge in [-0.1, -0.05) is 41.6 Å². The molecule has 1 aromatic heterocycles. The van der Waals surface area contributed by atoms with Gasteiger partial charge < -0.3 is 20.9 Å². The van der Waals surface area contributed by atoms with Crippen LogP contribution in [0.5, 0.6) is 0 Å². The number of hydrogen-bond acceptors (Lipinski definition) is 6. The molecule has 3 rings (SSSR count). The van der Waals surface area contributed by atoms with Gasteiger partial charge in [-0.05, 0) is 17.7 Å². The number of primary amides is 1. The summed E-state index contributed by atoms with van der Waals surface area (Å²) in [7, 11) is 0. The normalized spacial score (nSPS) is 10.4. The molecule has 0 atom stereocenters. The van der Waals surface area contributed by atoms with Gasteiger partial charge in [0, 0.05) is 42.3 Å². The van der Waals surface area contributed by atoms with Gasteiger partial charge in [0.25, 0.3) is 5.91 Å². The highest BCUT2D eigenvalue weighted by Gasteiger charge is 2.11. The second-order valence-electron chi connectivity index (χ2n) is 6.59. The zero-order chi connectivity index (χ0) is 21.3. The zero-order valence-corrected chi connectivity index (χ0v) is 16.2. The second kappa shape index (κ2) is 10.0. The number of aromatic nitrogens is 1. The van der Waals surface area contributed by atoms with E-state index in [2.05, 4.69) is 15.8 Å². The summed E-state index contributed by atoms with van der Waals surface area (Å²) in [5.41, 5.74) is 8.85. The van der Waals surface area contributed by atoms with Crippen molar-refractivity contribution in [1.29, 1.82) is 5.26 Å². The third-order valence-corrected chi connectivity index (χ3v) is 4.37. The molecule has 8 heteroatoms. The molecule has 0 fully saturated rings. The lowest BCUT2D eigenvalue weighted by Gasteiger charge is -2.04. The maximum atomic E-state index is 12.0. The fourth-order valence-corrected chi connectivity index (χ4v) is 2.82. The monoisotopic (exact) mass is 403 g/mol. The minimum absolute atomic E-state index is 0.0478. The Morgan fingerprint density at radius 3 is 2.63 bits per heavy atom. The number of nitriles is 1. The lowest BCUT2D eigenvalue weighted by atomic mass is 10.1. The number of amides is 2. The van der Waals surface area contributed by atoms with Gasteiger partial charge in [-0.3, -0.25) is 9.59 Å². The van der Waals surface area contributed by atoms with E-state index in [1.165, 1.54) is 0 Å². The quantitative estimate of drug-likeness (QED) is 0.370. The Morgan fingerprint density at radius 2 is 1.90 bits per heavy atom. The fourth-order valence-electron chi connectivity index (χ4n) is 2.82. The molecule has 0 aliphatic heterocycles. The molecule has 0 bridgehead atoms. The minimum Gasteiger partial charge on any atom is -0.370 e. The van der Waals surface area contributed by atoms with E-state index in [9.17, 15) is 9.59 Å². The number of hydrogen-bond donors (Lipinski definition) is 3. The molecule has 152 valence electrons. The van der Waals surface area contributed by atoms with Gasteiger partial charge in [-0.15, -0.1) is 0 Å². The summed E-state index contributed by atoms with van der Waals surface area (Å²) in [6, 6.07) is 18.5. The Kier molecular flexibility index (Phi) is 6.92. The van der Waals surface area contributed by atoms with E-state index in [4.69, 9.17) is 15.5 Å². The molecule has 0 saturated heterocycles. The van der Waals surface area contributed by atoms with Crippen LogP contribution < -0.4 is 16.4 Å². The summed E-state index contributed by atoms with van der Waals surface area (Å²) in [4.78, 5) is 22.8. The summed E-state index contributed by atoms with van der Waals surface area (Å²) in [5.74, 6) is -0.0352. The molecule has 30 heavy (non-hydrogen) atoms. The van der Waals surface area contributed by atoms with Crippen molar-refractivity contribution >= 4 is 11.8 Å². The van der Waals surface area contributed by atoms with Crippen LogP contribution in [0.4, 0.5) is 0 Å². The summed E-state index contributed by atoms with van der Waals surface area (Å²) in [6.45, 7) is 1.12. The van der Waals surface area contributed by atoms with Crippen molar-refractivity contribution in [2.75, 3.05) is 13.1 Å². The predicted molar refractivity (Wildman–Crippen MR) is 111 cm³/mol. The summed E-state index contributed by atoms with van der Waals surface area (Å²) < 4.78 is 5.47. The van der Waals surface area contributed by atoms with Crippen molar-refractivity contribution in [3.63, 3.8) is 0 Å². The number of rotatable bonds is 9. The number of carbonyl (C=O) groups excluding carboxylic acids is 2. The Morgan fingerprint density at radius 1 is 1.10 bits per heavy atom. The first-order valence-electron chi connectivity index (χ1n) is 9.37. The third kappa shape index (κ3) is 5.53. The fraction of sp³-hybridized carbons (Fsp3) is 0.182. The van der Waals surface area contributed by atoms with Crippen LogP contribution in [-0.2, 0) is 11.3 Å². The number of benzene rings is 2. The molecule has 2 aromatic carbocycles. The summed E-state index contributed by atoms with van der Waals surface area (Å²) in [5, 5.41) is 18.4. The second-order valence-corrected chi connectivity index (χ2v) is 6.59. The van der Waals surface area contributed by atoms with Crippen molar-refractivity contribution in [1.82, 2.24) is 15.8 Å². The lowest BCUT2D eigenvalue weighted by Crippen LogP contribution is -2.23. The van der Waals surface area contributed by atoms with Gasteiger partial charge in [0.1, 0.15) is 12.2 Å². The van der Waals surface area contributed by atoms with Gasteiger partial charge >= 0.3 is 0 Å². The highest BCUT2D eigenvalue weighted by atomic mass is 16.5. The largest absolute Gasteiger partial charge is 0.370 e. The molecule has 0 aliphatic carbocycles. The molecule has 3 aromatic rings. The number of carbonyl (C=O) groups is 2. The molecule has 0 radical (unpaired) electrons. The van der Waals surface area contributed by atoms with Crippen LogP contribution in [0.15, 0.2) is 59.1 Å². The van der Waals surface area contributed by atoms with E-state index in [1.54, 1.807) is 18.2 Å². The van der Waals surface area contributed by atoms with Crippen LogP contribution in [0.3, 0.4) is 0 Å². The van der Waals surface area contributed by atoms with Gasteiger partial charge in [0.15, 0.2) is 5.76 Å². The smallest absolute Gasteiger partial charge is 0.252 e. The van der Waals surface area contributed by atoms with Crippen molar-refractivity contribution in [3.05, 3.63) is 65.7 Å². The first-order valence-corrected chi connectivity index (χ1v) is 9.37. The van der Waals surface area contributed by atoms with Crippen molar-refractivity contribution < 1.29 is 14.1 Å². The summed E-state index contributed by atoms with van der Waals surface area (Å²) >= 11 is 0. The standard InChI is InChI=1S/C22H21N5O3/c23-9-11-26-22(29)18-3-1-2-17(12-18)19-13-20(30-27-19)16-6-4-15(5-7-16)14-25-10-8-21(24)28/h1-7,12-13,25H,8,10-11,14H2,(H2,24,28)(H,26,29). The minimum atomic E-state index is -0.327. The van der Waals surface area contributed by atoms with E-state index in [1.807, 2.05) is 42.5 Å². The lowest BCUT2D eigenvalue weighted by molar-refractivity contribution is -0.117. The molecule has 4 N–H and O–H groups in total. The van der Waals surface area contributed by atoms with E-state index in [0.29, 0.717) is 36.5 Å². The van der Waals surface area contributed by atoms with Crippen LogP contribution in [0.25, 0.3) is 22.6 Å². The molecular weight excluding hydrogens is 382 g/mol. The molecule has 0 spiro atoms. The van der Waals surface area contributed by atoms with Crippen molar-refractivity contribution in [2.45, 2.75) is 13.0 Å². The average molecular weight is 403 g/mol. The van der Waals surface area contributed by atoms with E-state index in [-0.39, 0.29) is 18.4 Å². The maximum absolute atomic E-state index is 12.0. The first-order chi connectivity index (χ1) is 14.6. The third-order valence-electron chi connectivity index (χ3n) is 4.37. The van der Waals surface area contributed by atoms with E-state index in [0.717, 1.165) is 16.7 Å². The Hall–Kier alpha value is -3.96. The Bertz CT molecular complexity index is 1070. The van der Waals surface area contributed by atoms with Crippen molar-refractivity contribution in [3.8, 4) is 28.7 Å². The molecule has 0 unspecified atom stereocenters. The summed E-state index contributed by atoms with van der Waals surface area (Å²) in [6.07, 6.45) is 0.306. The maximum Gasteiger partial charge on any atom is 0.252 e. The molecular formula is C22H21N5O3. The van der Waals surface area contributed by atoms with Gasteiger partial charge in [-0.2, -0.15) is 5.26 Å². The molecule has 0 aliphatic rings. The van der Waals surface area contributed by atoms with Crippen LogP contribution in [0, 0.1) is 11.3 Å². The highest BCUT2D eigenvalue weighted by Crippen LogP contribution is 2.26. The Balaban J connectivity index is 1.67. The van der Waals surface area contributed by atoms with E-state index < -0.39 is 0 Å². The van der Waals surface area contributed by atoms with Gasteiger partial charge in [0.2, 0.25) is 5.91 Å². The van der Waals surface area contributed by atoms with Crippen LogP contribution in [0.1, 0.15) is 22.3 Å². The van der Waals surface area contributed by atoms with E-state index >= 15 is 0 Å². The van der Waals surface area contributed by atoms with Crippen LogP contribution in [0.2, 0.25) is 0 Å². The molecule has 0 saturated carbocycles. The first kappa shape index (κ1) is 20.8. The number of nitrogens with two attached hydrogens (primary N) is 1. The van der Waals surface area contributed by atoms with Crippen LogP contribution >= 0.6 is 0 Å². The zero-order valence-electron chi connectivity index (χ0n) is 16.2. The number of nitrogens with one attached hydrogen (secondary N) is 2. The van der Waals surface area contributed by atoms with Crippen LogP contribution in [-0.4, -0.2) is 30.1 Å². The van der Waals surface area contributed by atoms with Gasteiger partial charge in [0.05, 0.1) is 6.07 Å². The topological polar surface area (TPSA) is 134 Å². The average Bonchev–Trinajstić information content (AvgIpc) is 3.26. The molecule has 8 nitrogen and oxygen atoms in total. The Labute approximate surface area is 173 Å². The van der Waals surface area contributed by atoms with Gasteiger partial charge in [-0.25, -0.2) is 0 Å². The predicted octanol–water partition coefficient (Wildman–Crippen LogP) is 2.23.